The fourth-order valence-electron chi connectivity index (χ4n) is 2.04. The number of hydrogen-bond donors (Lipinski definition) is 0. The van der Waals surface area contributed by atoms with Crippen LogP contribution < -0.4 is 0 Å². The minimum Gasteiger partial charge on any atom is -0.294 e. The van der Waals surface area contributed by atoms with Gasteiger partial charge in [-0.25, -0.2) is 0 Å². The van der Waals surface area contributed by atoms with Crippen LogP contribution in [0.25, 0.3) is 0 Å². The number of carbonyl (C=O) groups is 3. The van der Waals surface area contributed by atoms with E-state index in [-0.39, 0.29) is 45.7 Å². The number of benzene rings is 1. The van der Waals surface area contributed by atoms with E-state index in [1.54, 1.807) is 23.6 Å². The Bertz CT molecular complexity index is 635. The molecule has 106 valence electrons. The quantitative estimate of drug-likeness (QED) is 0.633. The number of halogens is 1. The summed E-state index contributed by atoms with van der Waals surface area (Å²) in [5, 5.41) is 1.88. The molecule has 0 atom stereocenters. The Morgan fingerprint density at radius 1 is 1.30 bits per heavy atom. The van der Waals surface area contributed by atoms with Gasteiger partial charge in [0.25, 0.3) is 11.8 Å². The van der Waals surface area contributed by atoms with Gasteiger partial charge in [-0.1, -0.05) is 17.7 Å². The second kappa shape index (κ2) is 5.89. The van der Waals surface area contributed by atoms with E-state index in [0.29, 0.717) is 5.56 Å². The number of hydrogen-bond acceptors (Lipinski definition) is 3. The van der Waals surface area contributed by atoms with Crippen LogP contribution in [0.5, 0.6) is 0 Å². The summed E-state index contributed by atoms with van der Waals surface area (Å²) in [4.78, 5) is 37.0. The summed E-state index contributed by atoms with van der Waals surface area (Å²) in [6.07, 6.45) is 4.01. The maximum Gasteiger partial charge on any atom is 0.263 e. The molecule has 20 heavy (non-hydrogen) atoms. The van der Waals surface area contributed by atoms with E-state index in [0.717, 1.165) is 4.90 Å². The van der Waals surface area contributed by atoms with Gasteiger partial charge in [-0.15, -0.1) is 0 Å². The van der Waals surface area contributed by atoms with Gasteiger partial charge in [-0.05, 0) is 24.6 Å². The molecule has 2 amide bonds. The van der Waals surface area contributed by atoms with Crippen molar-refractivity contribution in [3.05, 3.63) is 34.3 Å². The first kappa shape index (κ1) is 14.9. The average Bonchev–Trinajstić information content (AvgIpc) is 2.60. The molecular formula is C14H14ClNO3S. The Kier molecular flexibility index (Phi) is 4.40. The number of nitrogens with zero attached hydrogens (tertiary/aromatic N) is 1. The summed E-state index contributed by atoms with van der Waals surface area (Å²) in [5.74, 6) is -0.858. The molecule has 1 aromatic carbocycles. The molecule has 0 bridgehead atoms. The highest BCUT2D eigenvalue weighted by molar-refractivity contribution is 8.14. The minimum atomic E-state index is -0.421. The standard InChI is InChI=1S/C14H14ClNO3S/c1-20(2)8-9(17)6-7-16-13(18)10-4-3-5-11(15)12(10)14(16)19/h3-5,8H,6-7H2,1-2H3. The molecule has 0 unspecified atom stereocenters. The fourth-order valence-corrected chi connectivity index (χ4v) is 2.94. The van der Waals surface area contributed by atoms with Gasteiger partial charge >= 0.3 is 0 Å². The molecule has 1 heterocycles. The fraction of sp³-hybridized carbons (Fsp3) is 0.286. The molecule has 0 aromatic heterocycles. The molecule has 0 fully saturated rings. The van der Waals surface area contributed by atoms with Gasteiger partial charge in [0.1, 0.15) is 0 Å². The molecule has 1 aromatic rings. The van der Waals surface area contributed by atoms with Gasteiger partial charge in [0.2, 0.25) is 0 Å². The SMILES string of the molecule is CS(C)=CC(=O)CCN1C(=O)c2cccc(Cl)c2C1=O. The highest BCUT2D eigenvalue weighted by Gasteiger charge is 2.36. The van der Waals surface area contributed by atoms with E-state index >= 15 is 0 Å². The Morgan fingerprint density at radius 3 is 2.60 bits per heavy atom. The smallest absolute Gasteiger partial charge is 0.263 e. The predicted octanol–water partition coefficient (Wildman–Crippen LogP) is 2.23. The van der Waals surface area contributed by atoms with Crippen LogP contribution in [0.1, 0.15) is 27.1 Å². The summed E-state index contributed by atoms with van der Waals surface area (Å²) in [7, 11) is -0.0938. The number of fused-ring (bicyclic) bond motifs is 1. The number of carbonyl (C=O) groups excluding carboxylic acids is 3. The minimum absolute atomic E-state index is 0.0546. The number of amides is 2. The molecule has 0 N–H and O–H groups in total. The Labute approximate surface area is 124 Å². The Balaban J connectivity index is 2.15. The van der Waals surface area contributed by atoms with Crippen molar-refractivity contribution >= 4 is 45.1 Å². The molecule has 2 rings (SSSR count). The average molecular weight is 312 g/mol. The van der Waals surface area contributed by atoms with Crippen LogP contribution in [0.3, 0.4) is 0 Å². The van der Waals surface area contributed by atoms with Crippen LogP contribution in [-0.4, -0.2) is 46.9 Å². The zero-order valence-corrected chi connectivity index (χ0v) is 12.8. The molecule has 1 aliphatic heterocycles. The second-order valence-corrected chi connectivity index (χ2v) is 7.04. The molecule has 0 radical (unpaired) electrons. The van der Waals surface area contributed by atoms with Crippen LogP contribution in [0.2, 0.25) is 5.02 Å². The van der Waals surface area contributed by atoms with Crippen molar-refractivity contribution in [3.8, 4) is 0 Å². The van der Waals surface area contributed by atoms with E-state index < -0.39 is 5.91 Å². The van der Waals surface area contributed by atoms with Gasteiger partial charge in [0, 0.05) is 18.3 Å². The third-order valence-corrected chi connectivity index (χ3v) is 3.95. The Morgan fingerprint density at radius 2 is 2.00 bits per heavy atom. The number of imide groups is 1. The largest absolute Gasteiger partial charge is 0.294 e. The predicted molar refractivity (Wildman–Crippen MR) is 81.9 cm³/mol. The Hall–Kier alpha value is -1.46. The van der Waals surface area contributed by atoms with Crippen molar-refractivity contribution < 1.29 is 14.4 Å². The van der Waals surface area contributed by atoms with Crippen molar-refractivity contribution in [2.75, 3.05) is 19.1 Å². The number of ketones is 1. The van der Waals surface area contributed by atoms with Crippen molar-refractivity contribution in [2.45, 2.75) is 6.42 Å². The van der Waals surface area contributed by atoms with E-state index in [9.17, 15) is 14.4 Å². The van der Waals surface area contributed by atoms with Crippen LogP contribution in [-0.2, 0) is 4.79 Å². The third-order valence-electron chi connectivity index (χ3n) is 2.90. The van der Waals surface area contributed by atoms with E-state index in [1.165, 1.54) is 0 Å². The van der Waals surface area contributed by atoms with Crippen molar-refractivity contribution in [1.29, 1.82) is 0 Å². The lowest BCUT2D eigenvalue weighted by Crippen LogP contribution is -2.32. The first-order valence-corrected chi connectivity index (χ1v) is 8.49. The molecule has 0 saturated heterocycles. The van der Waals surface area contributed by atoms with Gasteiger partial charge in [-0.3, -0.25) is 19.3 Å². The highest BCUT2D eigenvalue weighted by atomic mass is 35.5. The van der Waals surface area contributed by atoms with E-state index in [2.05, 4.69) is 0 Å². The topological polar surface area (TPSA) is 54.5 Å². The normalized spacial score (nSPS) is 13.9. The molecule has 0 spiro atoms. The van der Waals surface area contributed by atoms with Gasteiger partial charge in [0.15, 0.2) is 5.78 Å². The lowest BCUT2D eigenvalue weighted by atomic mass is 10.1. The van der Waals surface area contributed by atoms with Crippen molar-refractivity contribution in [3.63, 3.8) is 0 Å². The van der Waals surface area contributed by atoms with Crippen molar-refractivity contribution in [1.82, 2.24) is 4.90 Å². The summed E-state index contributed by atoms with van der Waals surface area (Å²) in [6, 6.07) is 4.79. The molecule has 1 aliphatic rings. The highest BCUT2D eigenvalue weighted by Crippen LogP contribution is 2.29. The zero-order chi connectivity index (χ0) is 14.9. The van der Waals surface area contributed by atoms with Gasteiger partial charge < -0.3 is 0 Å². The maximum absolute atomic E-state index is 12.2. The first-order valence-electron chi connectivity index (χ1n) is 6.00. The summed E-state index contributed by atoms with van der Waals surface area (Å²) in [6.45, 7) is 0.0925. The molecule has 6 heteroatoms. The maximum atomic E-state index is 12.2. The summed E-state index contributed by atoms with van der Waals surface area (Å²) in [5.41, 5.74) is 0.547. The molecule has 4 nitrogen and oxygen atoms in total. The first-order chi connectivity index (χ1) is 9.41. The van der Waals surface area contributed by atoms with Crippen LogP contribution in [0.15, 0.2) is 18.2 Å². The monoisotopic (exact) mass is 311 g/mol. The molecule has 0 saturated carbocycles. The van der Waals surface area contributed by atoms with E-state index in [4.69, 9.17) is 11.6 Å². The van der Waals surface area contributed by atoms with Crippen molar-refractivity contribution in [2.24, 2.45) is 0 Å². The number of Topliss-reactive ketones (excluding diaryl/α,β-unsaturated/α-hetero) is 1. The summed E-state index contributed by atoms with van der Waals surface area (Å²) < 4.78 is 0. The third kappa shape index (κ3) is 2.83. The number of rotatable bonds is 4. The zero-order valence-electron chi connectivity index (χ0n) is 11.2. The lowest BCUT2D eigenvalue weighted by molar-refractivity contribution is -0.112. The van der Waals surface area contributed by atoms with Crippen LogP contribution >= 0.6 is 22.1 Å². The van der Waals surface area contributed by atoms with Gasteiger partial charge in [-0.2, -0.15) is 10.5 Å². The van der Waals surface area contributed by atoms with E-state index in [1.807, 2.05) is 12.5 Å². The lowest BCUT2D eigenvalue weighted by Gasteiger charge is -2.12. The van der Waals surface area contributed by atoms with Crippen LogP contribution in [0.4, 0.5) is 0 Å². The molecule has 0 aliphatic carbocycles. The molecular weight excluding hydrogens is 298 g/mol. The van der Waals surface area contributed by atoms with Gasteiger partial charge in [0.05, 0.1) is 16.1 Å². The van der Waals surface area contributed by atoms with Crippen LogP contribution in [0, 0.1) is 0 Å². The summed E-state index contributed by atoms with van der Waals surface area (Å²) >= 11 is 5.95. The second-order valence-electron chi connectivity index (χ2n) is 4.64.